The number of carbonyl (C=O) groups is 1. The standard InChI is InChI=1S/C10H18N4O2/c1-3-4-6-14-8(5-7-16-2)9(10(11)15)12-13-14/h3-7H2,1-2H3,(H2,11,15). The zero-order valence-corrected chi connectivity index (χ0v) is 9.77. The molecule has 1 amide bonds. The molecule has 6 nitrogen and oxygen atoms in total. The zero-order valence-electron chi connectivity index (χ0n) is 9.77. The number of nitrogens with two attached hydrogens (primary N) is 1. The maximum atomic E-state index is 11.1. The Morgan fingerprint density at radius 3 is 2.88 bits per heavy atom. The molecule has 1 aromatic rings. The highest BCUT2D eigenvalue weighted by Gasteiger charge is 2.16. The lowest BCUT2D eigenvalue weighted by atomic mass is 10.2. The number of unbranched alkanes of at least 4 members (excludes halogenated alkanes) is 1. The molecule has 2 N–H and O–H groups in total. The van der Waals surface area contributed by atoms with Crippen LogP contribution in [0, 0.1) is 0 Å². The van der Waals surface area contributed by atoms with Gasteiger partial charge in [0.05, 0.1) is 12.3 Å². The van der Waals surface area contributed by atoms with Crippen LogP contribution in [-0.4, -0.2) is 34.6 Å². The summed E-state index contributed by atoms with van der Waals surface area (Å²) in [5.74, 6) is -0.533. The highest BCUT2D eigenvalue weighted by molar-refractivity contribution is 5.91. The van der Waals surface area contributed by atoms with Crippen molar-refractivity contribution in [3.05, 3.63) is 11.4 Å². The first kappa shape index (κ1) is 12.6. The van der Waals surface area contributed by atoms with Crippen LogP contribution >= 0.6 is 0 Å². The third-order valence-corrected chi connectivity index (χ3v) is 2.34. The highest BCUT2D eigenvalue weighted by Crippen LogP contribution is 2.07. The molecule has 6 heteroatoms. The number of methoxy groups -OCH3 is 1. The van der Waals surface area contributed by atoms with Crippen molar-refractivity contribution >= 4 is 5.91 Å². The monoisotopic (exact) mass is 226 g/mol. The lowest BCUT2D eigenvalue weighted by Gasteiger charge is -2.05. The molecular formula is C10H18N4O2. The van der Waals surface area contributed by atoms with Crippen LogP contribution in [0.25, 0.3) is 0 Å². The average molecular weight is 226 g/mol. The predicted octanol–water partition coefficient (Wildman–Crippen LogP) is 0.366. The number of amides is 1. The number of nitrogens with zero attached hydrogens (tertiary/aromatic N) is 3. The van der Waals surface area contributed by atoms with E-state index in [-0.39, 0.29) is 5.69 Å². The Labute approximate surface area is 94.8 Å². The summed E-state index contributed by atoms with van der Waals surface area (Å²) in [6.07, 6.45) is 2.67. The van der Waals surface area contributed by atoms with Crippen molar-refractivity contribution in [3.8, 4) is 0 Å². The molecule has 0 saturated carbocycles. The van der Waals surface area contributed by atoms with Gasteiger partial charge in [-0.25, -0.2) is 4.68 Å². The molecule has 0 bridgehead atoms. The summed E-state index contributed by atoms with van der Waals surface area (Å²) in [5.41, 5.74) is 6.26. The summed E-state index contributed by atoms with van der Waals surface area (Å²) in [6.45, 7) is 3.39. The van der Waals surface area contributed by atoms with E-state index in [1.54, 1.807) is 11.8 Å². The fraction of sp³-hybridized carbons (Fsp3) is 0.700. The SMILES string of the molecule is CCCCn1nnc(C(N)=O)c1CCOC. The molecular weight excluding hydrogens is 208 g/mol. The van der Waals surface area contributed by atoms with Crippen LogP contribution in [0.2, 0.25) is 0 Å². The number of aromatic nitrogens is 3. The van der Waals surface area contributed by atoms with E-state index in [1.165, 1.54) is 0 Å². The molecule has 0 atom stereocenters. The van der Waals surface area contributed by atoms with E-state index in [2.05, 4.69) is 17.2 Å². The van der Waals surface area contributed by atoms with Crippen LogP contribution in [0.1, 0.15) is 35.9 Å². The van der Waals surface area contributed by atoms with Gasteiger partial charge in [0.2, 0.25) is 0 Å². The fourth-order valence-electron chi connectivity index (χ4n) is 1.46. The van der Waals surface area contributed by atoms with Gasteiger partial charge in [-0.3, -0.25) is 4.79 Å². The van der Waals surface area contributed by atoms with Gasteiger partial charge in [0.1, 0.15) is 0 Å². The Balaban J connectivity index is 2.85. The number of aryl methyl sites for hydroxylation is 1. The van der Waals surface area contributed by atoms with Crippen LogP contribution in [0.15, 0.2) is 0 Å². The van der Waals surface area contributed by atoms with Crippen LogP contribution < -0.4 is 5.73 Å². The number of rotatable bonds is 7. The van der Waals surface area contributed by atoms with Gasteiger partial charge in [-0.05, 0) is 6.42 Å². The quantitative estimate of drug-likeness (QED) is 0.728. The van der Waals surface area contributed by atoms with Crippen molar-refractivity contribution in [2.75, 3.05) is 13.7 Å². The Kier molecular flexibility index (Phi) is 4.91. The number of hydrogen-bond donors (Lipinski definition) is 1. The molecule has 0 unspecified atom stereocenters. The van der Waals surface area contributed by atoms with E-state index in [1.807, 2.05) is 0 Å². The number of ether oxygens (including phenoxy) is 1. The molecule has 1 aromatic heterocycles. The number of carbonyl (C=O) groups excluding carboxylic acids is 1. The zero-order chi connectivity index (χ0) is 12.0. The second kappa shape index (κ2) is 6.22. The van der Waals surface area contributed by atoms with E-state index in [4.69, 9.17) is 10.5 Å². The minimum absolute atomic E-state index is 0.258. The number of primary amides is 1. The topological polar surface area (TPSA) is 83.0 Å². The van der Waals surface area contributed by atoms with Crippen molar-refractivity contribution in [1.82, 2.24) is 15.0 Å². The molecule has 0 fully saturated rings. The Morgan fingerprint density at radius 2 is 2.31 bits per heavy atom. The minimum atomic E-state index is -0.533. The molecule has 1 heterocycles. The molecule has 0 aliphatic heterocycles. The van der Waals surface area contributed by atoms with Crippen molar-refractivity contribution in [2.45, 2.75) is 32.7 Å². The van der Waals surface area contributed by atoms with Crippen LogP contribution in [0.4, 0.5) is 0 Å². The molecule has 0 aliphatic rings. The maximum absolute atomic E-state index is 11.1. The van der Waals surface area contributed by atoms with Gasteiger partial charge >= 0.3 is 0 Å². The third-order valence-electron chi connectivity index (χ3n) is 2.34. The van der Waals surface area contributed by atoms with Gasteiger partial charge in [0, 0.05) is 20.1 Å². The van der Waals surface area contributed by atoms with Gasteiger partial charge in [-0.2, -0.15) is 0 Å². The molecule has 1 rings (SSSR count). The van der Waals surface area contributed by atoms with Crippen LogP contribution in [0.3, 0.4) is 0 Å². The Morgan fingerprint density at radius 1 is 1.56 bits per heavy atom. The molecule has 0 spiro atoms. The van der Waals surface area contributed by atoms with Gasteiger partial charge < -0.3 is 10.5 Å². The van der Waals surface area contributed by atoms with Crippen molar-refractivity contribution in [2.24, 2.45) is 5.73 Å². The number of hydrogen-bond acceptors (Lipinski definition) is 4. The van der Waals surface area contributed by atoms with Crippen molar-refractivity contribution in [3.63, 3.8) is 0 Å². The van der Waals surface area contributed by atoms with Gasteiger partial charge in [0.15, 0.2) is 5.69 Å². The second-order valence-corrected chi connectivity index (χ2v) is 3.57. The smallest absolute Gasteiger partial charge is 0.271 e. The fourth-order valence-corrected chi connectivity index (χ4v) is 1.46. The largest absolute Gasteiger partial charge is 0.384 e. The molecule has 16 heavy (non-hydrogen) atoms. The Hall–Kier alpha value is -1.43. The van der Waals surface area contributed by atoms with Crippen molar-refractivity contribution in [1.29, 1.82) is 0 Å². The summed E-state index contributed by atoms with van der Waals surface area (Å²) in [5, 5.41) is 7.74. The first-order valence-corrected chi connectivity index (χ1v) is 5.41. The average Bonchev–Trinajstić information content (AvgIpc) is 2.66. The summed E-state index contributed by atoms with van der Waals surface area (Å²) < 4.78 is 6.73. The highest BCUT2D eigenvalue weighted by atomic mass is 16.5. The van der Waals surface area contributed by atoms with E-state index in [9.17, 15) is 4.79 Å². The molecule has 0 aromatic carbocycles. The van der Waals surface area contributed by atoms with E-state index >= 15 is 0 Å². The first-order chi connectivity index (χ1) is 7.70. The summed E-state index contributed by atoms with van der Waals surface area (Å²) >= 11 is 0. The first-order valence-electron chi connectivity index (χ1n) is 5.41. The van der Waals surface area contributed by atoms with E-state index < -0.39 is 5.91 Å². The summed E-state index contributed by atoms with van der Waals surface area (Å²) in [7, 11) is 1.62. The summed E-state index contributed by atoms with van der Waals surface area (Å²) in [6, 6.07) is 0. The maximum Gasteiger partial charge on any atom is 0.271 e. The van der Waals surface area contributed by atoms with E-state index in [0.717, 1.165) is 25.1 Å². The normalized spacial score (nSPS) is 10.6. The van der Waals surface area contributed by atoms with Gasteiger partial charge in [0.25, 0.3) is 5.91 Å². The van der Waals surface area contributed by atoms with Gasteiger partial charge in [-0.15, -0.1) is 5.10 Å². The molecule has 0 saturated heterocycles. The Bertz CT molecular complexity index is 349. The van der Waals surface area contributed by atoms with Crippen LogP contribution in [0.5, 0.6) is 0 Å². The second-order valence-electron chi connectivity index (χ2n) is 3.57. The molecule has 0 radical (unpaired) electrons. The van der Waals surface area contributed by atoms with Crippen molar-refractivity contribution < 1.29 is 9.53 Å². The molecule has 0 aliphatic carbocycles. The van der Waals surface area contributed by atoms with E-state index in [0.29, 0.717) is 13.0 Å². The molecule has 90 valence electrons. The van der Waals surface area contributed by atoms with Crippen LogP contribution in [-0.2, 0) is 17.7 Å². The predicted molar refractivity (Wildman–Crippen MR) is 59.0 cm³/mol. The lowest BCUT2D eigenvalue weighted by Crippen LogP contribution is -2.16. The lowest BCUT2D eigenvalue weighted by molar-refractivity contribution is 0.0994. The minimum Gasteiger partial charge on any atom is -0.384 e. The third kappa shape index (κ3) is 3.03. The van der Waals surface area contributed by atoms with Gasteiger partial charge in [-0.1, -0.05) is 18.6 Å². The summed E-state index contributed by atoms with van der Waals surface area (Å²) in [4.78, 5) is 11.1.